The molecule has 0 radical (unpaired) electrons. The van der Waals surface area contributed by atoms with E-state index in [2.05, 4.69) is 39.8 Å². The van der Waals surface area contributed by atoms with E-state index in [9.17, 15) is 0 Å². The van der Waals surface area contributed by atoms with Crippen LogP contribution in [0.15, 0.2) is 36.4 Å². The summed E-state index contributed by atoms with van der Waals surface area (Å²) in [6.45, 7) is 5.31. The summed E-state index contributed by atoms with van der Waals surface area (Å²) in [6, 6.07) is 12.6. The fraction of sp³-hybridized carbons (Fsp3) is 0.435. The fourth-order valence-electron chi connectivity index (χ4n) is 3.93. The summed E-state index contributed by atoms with van der Waals surface area (Å²) < 4.78 is 16.5. The highest BCUT2D eigenvalue weighted by molar-refractivity contribution is 7.80. The zero-order valence-corrected chi connectivity index (χ0v) is 19.0. The number of ether oxygens (including phenoxy) is 3. The smallest absolute Gasteiger partial charge is 0.166 e. The maximum atomic E-state index is 5.58. The summed E-state index contributed by atoms with van der Waals surface area (Å²) >= 11 is 5.41. The third-order valence-electron chi connectivity index (χ3n) is 5.43. The van der Waals surface area contributed by atoms with Gasteiger partial charge in [-0.3, -0.25) is 4.90 Å². The Bertz CT molecular complexity index is 875. The van der Waals surface area contributed by atoms with Gasteiger partial charge in [-0.1, -0.05) is 12.1 Å². The molecule has 1 atom stereocenters. The Morgan fingerprint density at radius 3 is 2.53 bits per heavy atom. The van der Waals surface area contributed by atoms with E-state index in [1.54, 1.807) is 21.3 Å². The van der Waals surface area contributed by atoms with Crippen molar-refractivity contribution < 1.29 is 14.2 Å². The zero-order valence-electron chi connectivity index (χ0n) is 18.2. The lowest BCUT2D eigenvalue weighted by molar-refractivity contribution is 0.176. The molecule has 0 fully saturated rings. The number of hydrogen-bond acceptors (Lipinski definition) is 5. The molecule has 2 aromatic carbocycles. The molecule has 0 unspecified atom stereocenters. The van der Waals surface area contributed by atoms with Gasteiger partial charge in [-0.05, 0) is 66.5 Å². The van der Waals surface area contributed by atoms with Crippen LogP contribution < -0.4 is 24.8 Å². The molecule has 0 aromatic heterocycles. The van der Waals surface area contributed by atoms with Crippen molar-refractivity contribution in [1.82, 2.24) is 15.5 Å². The van der Waals surface area contributed by atoms with Crippen molar-refractivity contribution in [1.29, 1.82) is 0 Å². The molecule has 1 heterocycles. The minimum absolute atomic E-state index is 0.149. The molecule has 0 spiro atoms. The van der Waals surface area contributed by atoms with E-state index in [4.69, 9.17) is 26.4 Å². The first-order valence-electron chi connectivity index (χ1n) is 10.2. The summed E-state index contributed by atoms with van der Waals surface area (Å²) in [5, 5.41) is 7.22. The molecule has 2 aromatic rings. The second-order valence-corrected chi connectivity index (χ2v) is 7.64. The van der Waals surface area contributed by atoms with Crippen molar-refractivity contribution in [3.8, 4) is 17.2 Å². The van der Waals surface area contributed by atoms with Crippen LogP contribution in [0.1, 0.15) is 29.7 Å². The summed E-state index contributed by atoms with van der Waals surface area (Å²) in [5.74, 6) is 2.39. The lowest BCUT2D eigenvalue weighted by Gasteiger charge is -2.38. The Kier molecular flexibility index (Phi) is 7.76. The van der Waals surface area contributed by atoms with E-state index in [0.717, 1.165) is 43.3 Å². The van der Waals surface area contributed by atoms with Crippen LogP contribution >= 0.6 is 12.2 Å². The van der Waals surface area contributed by atoms with Crippen LogP contribution in [0.5, 0.6) is 17.2 Å². The Morgan fingerprint density at radius 2 is 1.83 bits per heavy atom. The molecule has 7 heteroatoms. The fourth-order valence-corrected chi connectivity index (χ4v) is 4.15. The summed E-state index contributed by atoms with van der Waals surface area (Å²) in [6.07, 6.45) is 0.952. The maximum absolute atomic E-state index is 5.58. The van der Waals surface area contributed by atoms with E-state index in [1.165, 1.54) is 16.7 Å². The highest BCUT2D eigenvalue weighted by Crippen LogP contribution is 2.38. The quantitative estimate of drug-likeness (QED) is 0.625. The number of methoxy groups -OCH3 is 3. The van der Waals surface area contributed by atoms with Gasteiger partial charge in [-0.15, -0.1) is 0 Å². The van der Waals surface area contributed by atoms with Gasteiger partial charge in [0.15, 0.2) is 16.6 Å². The largest absolute Gasteiger partial charge is 0.497 e. The Hall–Kier alpha value is -2.51. The number of benzene rings is 2. The third kappa shape index (κ3) is 5.15. The van der Waals surface area contributed by atoms with Crippen molar-refractivity contribution in [3.05, 3.63) is 53.1 Å². The summed E-state index contributed by atoms with van der Waals surface area (Å²) in [7, 11) is 5.05. The van der Waals surface area contributed by atoms with Crippen molar-refractivity contribution in [2.45, 2.75) is 25.9 Å². The lowest BCUT2D eigenvalue weighted by atomic mass is 9.91. The van der Waals surface area contributed by atoms with Gasteiger partial charge in [0.25, 0.3) is 0 Å². The standard InChI is InChI=1S/C23H31N3O3S/c1-5-24-23(30)25-14-20-19-13-22(29-4)21(28-3)12-17(19)9-10-26(20)15-16-7-6-8-18(11-16)27-2/h6-8,11-13,20H,5,9-10,14-15H2,1-4H3,(H2,24,25,30)/t20-/m1/s1. The normalized spacial score (nSPS) is 15.8. The van der Waals surface area contributed by atoms with Gasteiger partial charge in [0, 0.05) is 26.2 Å². The van der Waals surface area contributed by atoms with E-state index >= 15 is 0 Å². The predicted octanol–water partition coefficient (Wildman–Crippen LogP) is 3.30. The van der Waals surface area contributed by atoms with Gasteiger partial charge in [0.1, 0.15) is 5.75 Å². The molecule has 0 saturated heterocycles. The highest BCUT2D eigenvalue weighted by atomic mass is 32.1. The lowest BCUT2D eigenvalue weighted by Crippen LogP contribution is -2.44. The molecule has 1 aliphatic heterocycles. The maximum Gasteiger partial charge on any atom is 0.166 e. The van der Waals surface area contributed by atoms with Gasteiger partial charge in [-0.2, -0.15) is 0 Å². The number of nitrogens with zero attached hydrogens (tertiary/aromatic N) is 1. The molecular formula is C23H31N3O3S. The van der Waals surface area contributed by atoms with Crippen LogP contribution in [0.25, 0.3) is 0 Å². The number of thiocarbonyl (C=S) groups is 1. The van der Waals surface area contributed by atoms with Crippen LogP contribution in [0.2, 0.25) is 0 Å². The Labute approximate surface area is 184 Å². The molecule has 0 aliphatic carbocycles. The van der Waals surface area contributed by atoms with Crippen molar-refractivity contribution in [3.63, 3.8) is 0 Å². The van der Waals surface area contributed by atoms with Crippen LogP contribution in [-0.4, -0.2) is 51.0 Å². The predicted molar refractivity (Wildman–Crippen MR) is 124 cm³/mol. The second kappa shape index (κ2) is 10.5. The molecule has 30 heavy (non-hydrogen) atoms. The molecule has 1 aliphatic rings. The van der Waals surface area contributed by atoms with Crippen LogP contribution in [0.4, 0.5) is 0 Å². The topological polar surface area (TPSA) is 55.0 Å². The van der Waals surface area contributed by atoms with Crippen LogP contribution in [0.3, 0.4) is 0 Å². The molecule has 3 rings (SSSR count). The minimum Gasteiger partial charge on any atom is -0.497 e. The SMILES string of the molecule is CCNC(=S)NC[C@@H]1c2cc(OC)c(OC)cc2CCN1Cc1cccc(OC)c1. The van der Waals surface area contributed by atoms with Gasteiger partial charge in [0.2, 0.25) is 0 Å². The first-order chi connectivity index (χ1) is 14.6. The number of hydrogen-bond donors (Lipinski definition) is 2. The third-order valence-corrected chi connectivity index (χ3v) is 5.72. The molecule has 0 saturated carbocycles. The van der Waals surface area contributed by atoms with E-state index in [1.807, 2.05) is 19.1 Å². The molecule has 162 valence electrons. The molecule has 0 bridgehead atoms. The molecule has 2 N–H and O–H groups in total. The first-order valence-corrected chi connectivity index (χ1v) is 10.6. The first kappa shape index (κ1) is 22.2. The van der Waals surface area contributed by atoms with Gasteiger partial charge in [0.05, 0.1) is 27.4 Å². The highest BCUT2D eigenvalue weighted by Gasteiger charge is 2.29. The average molecular weight is 430 g/mol. The van der Waals surface area contributed by atoms with Crippen molar-refractivity contribution in [2.24, 2.45) is 0 Å². The van der Waals surface area contributed by atoms with Gasteiger partial charge >= 0.3 is 0 Å². The van der Waals surface area contributed by atoms with Crippen LogP contribution in [0, 0.1) is 0 Å². The molecular weight excluding hydrogens is 398 g/mol. The van der Waals surface area contributed by atoms with Crippen LogP contribution in [-0.2, 0) is 13.0 Å². The van der Waals surface area contributed by atoms with Gasteiger partial charge < -0.3 is 24.8 Å². The number of nitrogens with one attached hydrogen (secondary N) is 2. The zero-order chi connectivity index (χ0) is 21.5. The second-order valence-electron chi connectivity index (χ2n) is 7.23. The molecule has 0 amide bonds. The minimum atomic E-state index is 0.149. The Balaban J connectivity index is 1.90. The number of fused-ring (bicyclic) bond motifs is 1. The monoisotopic (exact) mass is 429 g/mol. The number of rotatable bonds is 8. The Morgan fingerprint density at radius 1 is 1.07 bits per heavy atom. The van der Waals surface area contributed by atoms with Crippen molar-refractivity contribution >= 4 is 17.3 Å². The average Bonchev–Trinajstić information content (AvgIpc) is 2.77. The summed E-state index contributed by atoms with van der Waals surface area (Å²) in [4.78, 5) is 2.48. The van der Waals surface area contributed by atoms with Crippen molar-refractivity contribution in [2.75, 3.05) is 41.0 Å². The van der Waals surface area contributed by atoms with E-state index in [-0.39, 0.29) is 6.04 Å². The van der Waals surface area contributed by atoms with E-state index < -0.39 is 0 Å². The molecule has 6 nitrogen and oxygen atoms in total. The van der Waals surface area contributed by atoms with E-state index in [0.29, 0.717) is 11.7 Å². The van der Waals surface area contributed by atoms with Gasteiger partial charge in [-0.25, -0.2) is 0 Å². The summed E-state index contributed by atoms with van der Waals surface area (Å²) in [5.41, 5.74) is 3.75.